The van der Waals surface area contributed by atoms with Gasteiger partial charge < -0.3 is 10.5 Å². The van der Waals surface area contributed by atoms with Crippen molar-refractivity contribution in [3.05, 3.63) is 29.3 Å². The van der Waals surface area contributed by atoms with Gasteiger partial charge in [0.1, 0.15) is 5.71 Å². The molecule has 1 aromatic carbocycles. The molecule has 80 valence electrons. The third-order valence-corrected chi connectivity index (χ3v) is 2.07. The van der Waals surface area contributed by atoms with Crippen molar-refractivity contribution in [1.82, 2.24) is 0 Å². The van der Waals surface area contributed by atoms with Crippen LogP contribution in [0.15, 0.2) is 18.2 Å². The van der Waals surface area contributed by atoms with E-state index in [2.05, 4.69) is 0 Å². The molecule has 0 aliphatic carbocycles. The van der Waals surface area contributed by atoms with E-state index < -0.39 is 0 Å². The summed E-state index contributed by atoms with van der Waals surface area (Å²) in [7, 11) is 0. The van der Waals surface area contributed by atoms with E-state index in [9.17, 15) is 4.79 Å². The van der Waals surface area contributed by atoms with Crippen molar-refractivity contribution in [2.45, 2.75) is 13.5 Å². The molecule has 0 amide bonds. The molecule has 0 bridgehead atoms. The summed E-state index contributed by atoms with van der Waals surface area (Å²) in [6.07, 6.45) is 0.482. The Labute approximate surface area is 88.6 Å². The summed E-state index contributed by atoms with van der Waals surface area (Å²) in [5, 5.41) is 7.40. The van der Waals surface area contributed by atoms with E-state index in [1.54, 1.807) is 12.1 Å². The molecule has 1 rings (SSSR count). The number of hydrogen-bond donors (Lipinski definition) is 2. The fourth-order valence-electron chi connectivity index (χ4n) is 1.25. The lowest BCUT2D eigenvalue weighted by atomic mass is 10.0. The van der Waals surface area contributed by atoms with E-state index in [1.165, 1.54) is 0 Å². The third-order valence-electron chi connectivity index (χ3n) is 2.07. The molecule has 0 radical (unpaired) electrons. The molecule has 0 atom stereocenters. The average molecular weight is 206 g/mol. The van der Waals surface area contributed by atoms with Gasteiger partial charge in [0.2, 0.25) is 0 Å². The zero-order valence-electron chi connectivity index (χ0n) is 8.62. The molecule has 0 saturated heterocycles. The molecule has 0 fully saturated rings. The van der Waals surface area contributed by atoms with Crippen LogP contribution in [0.1, 0.15) is 18.1 Å². The summed E-state index contributed by atoms with van der Waals surface area (Å²) in [5.74, 6) is 0. The maximum atomic E-state index is 10.5. The van der Waals surface area contributed by atoms with E-state index in [1.807, 2.05) is 13.0 Å². The van der Waals surface area contributed by atoms with Gasteiger partial charge in [0.25, 0.3) is 0 Å². The van der Waals surface area contributed by atoms with Crippen LogP contribution in [0.3, 0.4) is 0 Å². The molecule has 4 nitrogen and oxygen atoms in total. The van der Waals surface area contributed by atoms with Gasteiger partial charge in [-0.25, -0.2) is 0 Å². The Morgan fingerprint density at radius 1 is 1.60 bits per heavy atom. The van der Waals surface area contributed by atoms with Gasteiger partial charge >= 0.3 is 0 Å². The van der Waals surface area contributed by atoms with Gasteiger partial charge in [-0.3, -0.25) is 10.2 Å². The quantitative estimate of drug-likeness (QED) is 0.434. The fourth-order valence-corrected chi connectivity index (χ4v) is 1.25. The molecule has 0 aliphatic rings. The number of carbonyl (C=O) groups excluding carboxylic acids is 1. The monoisotopic (exact) mass is 206 g/mol. The second kappa shape index (κ2) is 5.26. The number of carbonyl (C=O) groups is 1. The second-order valence-electron chi connectivity index (χ2n) is 3.05. The van der Waals surface area contributed by atoms with Crippen molar-refractivity contribution >= 4 is 17.7 Å². The van der Waals surface area contributed by atoms with Gasteiger partial charge in [-0.05, 0) is 6.92 Å². The van der Waals surface area contributed by atoms with Crippen LogP contribution in [0.2, 0.25) is 0 Å². The zero-order chi connectivity index (χ0) is 11.3. The maximum absolute atomic E-state index is 10.5. The van der Waals surface area contributed by atoms with Gasteiger partial charge in [0.15, 0.2) is 6.29 Å². The number of rotatable bonds is 5. The number of aldehydes is 1. The van der Waals surface area contributed by atoms with Crippen LogP contribution >= 0.6 is 0 Å². The van der Waals surface area contributed by atoms with E-state index >= 15 is 0 Å². The number of benzene rings is 1. The Bertz CT molecular complexity index is 375. The first-order chi connectivity index (χ1) is 7.20. The molecule has 0 unspecified atom stereocenters. The summed E-state index contributed by atoms with van der Waals surface area (Å²) in [6, 6.07) is 5.24. The first kappa shape index (κ1) is 11.4. The number of nitrogen functional groups attached to an aromatic ring is 1. The number of anilines is 1. The molecule has 0 spiro atoms. The topological polar surface area (TPSA) is 76.2 Å². The van der Waals surface area contributed by atoms with Crippen LogP contribution in [0.5, 0.6) is 0 Å². The van der Waals surface area contributed by atoms with Crippen molar-refractivity contribution in [3.63, 3.8) is 0 Å². The Morgan fingerprint density at radius 2 is 2.33 bits per heavy atom. The summed E-state index contributed by atoms with van der Waals surface area (Å²) in [4.78, 5) is 10.5. The second-order valence-corrected chi connectivity index (χ2v) is 3.05. The first-order valence-corrected chi connectivity index (χ1v) is 4.70. The Hall–Kier alpha value is -1.68. The molecule has 0 aromatic heterocycles. The van der Waals surface area contributed by atoms with Crippen molar-refractivity contribution in [1.29, 1.82) is 5.41 Å². The highest BCUT2D eigenvalue weighted by atomic mass is 16.5. The molecule has 0 aliphatic heterocycles. The fraction of sp³-hybridized carbons (Fsp3) is 0.273. The summed E-state index contributed by atoms with van der Waals surface area (Å²) < 4.78 is 5.23. The number of hydrogen-bond acceptors (Lipinski definition) is 4. The lowest BCUT2D eigenvalue weighted by Crippen LogP contribution is -2.08. The Kier molecular flexibility index (Phi) is 4.00. The summed E-state index contributed by atoms with van der Waals surface area (Å²) >= 11 is 0. The van der Waals surface area contributed by atoms with Crippen LogP contribution in [-0.4, -0.2) is 18.6 Å². The van der Waals surface area contributed by atoms with Gasteiger partial charge in [-0.2, -0.15) is 0 Å². The smallest absolute Gasteiger partial charge is 0.168 e. The van der Waals surface area contributed by atoms with Gasteiger partial charge in [0.05, 0.1) is 6.61 Å². The number of nitrogens with two attached hydrogens (primary N) is 1. The van der Waals surface area contributed by atoms with E-state index in [4.69, 9.17) is 15.9 Å². The molecule has 3 N–H and O–H groups in total. The van der Waals surface area contributed by atoms with Crippen LogP contribution in [0.4, 0.5) is 5.69 Å². The van der Waals surface area contributed by atoms with Crippen LogP contribution in [-0.2, 0) is 16.1 Å². The molecular formula is C11H14N2O2. The lowest BCUT2D eigenvalue weighted by Gasteiger charge is -2.09. The van der Waals surface area contributed by atoms with Gasteiger partial charge in [0, 0.05) is 23.4 Å². The van der Waals surface area contributed by atoms with Crippen LogP contribution < -0.4 is 5.73 Å². The van der Waals surface area contributed by atoms with E-state index in [0.717, 1.165) is 5.56 Å². The third kappa shape index (κ3) is 2.63. The van der Waals surface area contributed by atoms with Crippen molar-refractivity contribution < 1.29 is 9.53 Å². The van der Waals surface area contributed by atoms with Gasteiger partial charge in [-0.15, -0.1) is 0 Å². The van der Waals surface area contributed by atoms with Gasteiger partial charge in [-0.1, -0.05) is 18.2 Å². The zero-order valence-corrected chi connectivity index (χ0v) is 8.62. The Morgan fingerprint density at radius 3 is 2.93 bits per heavy atom. The first-order valence-electron chi connectivity index (χ1n) is 4.70. The molecule has 15 heavy (non-hydrogen) atoms. The van der Waals surface area contributed by atoms with E-state index in [-0.39, 0.29) is 5.71 Å². The number of para-hydroxylation sites is 1. The van der Waals surface area contributed by atoms with Crippen molar-refractivity contribution in [2.75, 3.05) is 12.3 Å². The van der Waals surface area contributed by atoms with Crippen LogP contribution in [0.25, 0.3) is 0 Å². The number of nitrogens with one attached hydrogen (secondary N) is 1. The average Bonchev–Trinajstić information content (AvgIpc) is 2.27. The minimum Gasteiger partial charge on any atom is -0.398 e. The highest BCUT2D eigenvalue weighted by molar-refractivity contribution is 6.36. The minimum atomic E-state index is -0.106. The highest BCUT2D eigenvalue weighted by Gasteiger charge is 2.08. The standard InChI is InChI=1S/C11H14N2O2/c1-2-15-7-8-4-3-5-9(11(8)13)10(12)6-14/h3-6,12H,2,7,13H2,1H3. The maximum Gasteiger partial charge on any atom is 0.168 e. The number of ether oxygens (including phenoxy) is 1. The minimum absolute atomic E-state index is 0.106. The molecule has 0 saturated carbocycles. The summed E-state index contributed by atoms with van der Waals surface area (Å²) in [6.45, 7) is 2.91. The highest BCUT2D eigenvalue weighted by Crippen LogP contribution is 2.18. The lowest BCUT2D eigenvalue weighted by molar-refractivity contribution is -0.102. The Balaban J connectivity index is 3.00. The predicted octanol–water partition coefficient (Wildman–Crippen LogP) is 1.37. The van der Waals surface area contributed by atoms with E-state index in [0.29, 0.717) is 30.8 Å². The SMILES string of the molecule is CCOCc1cccc(C(=N)C=O)c1N. The molecule has 1 aromatic rings. The molecular weight excluding hydrogens is 192 g/mol. The van der Waals surface area contributed by atoms with Crippen molar-refractivity contribution in [2.24, 2.45) is 0 Å². The van der Waals surface area contributed by atoms with Crippen LogP contribution in [0, 0.1) is 5.41 Å². The normalized spacial score (nSPS) is 9.93. The largest absolute Gasteiger partial charge is 0.398 e. The predicted molar refractivity (Wildman–Crippen MR) is 59.1 cm³/mol. The summed E-state index contributed by atoms with van der Waals surface area (Å²) in [5.41, 5.74) is 7.43. The van der Waals surface area contributed by atoms with Crippen molar-refractivity contribution in [3.8, 4) is 0 Å². The molecule has 0 heterocycles. The molecule has 4 heteroatoms.